The van der Waals surface area contributed by atoms with Crippen LogP contribution in [0, 0.1) is 13.8 Å². The summed E-state index contributed by atoms with van der Waals surface area (Å²) in [7, 11) is 1.65. The lowest BCUT2D eigenvalue weighted by atomic mass is 10.1. The first kappa shape index (κ1) is 15.9. The molecule has 0 saturated carbocycles. The van der Waals surface area contributed by atoms with E-state index in [2.05, 4.69) is 15.0 Å². The fraction of sp³-hybridized carbons (Fsp3) is 0.222. The van der Waals surface area contributed by atoms with Crippen molar-refractivity contribution < 1.29 is 4.79 Å². The number of carbonyl (C=O) groups excluding carboxylic acids is 1. The van der Waals surface area contributed by atoms with Crippen LogP contribution in [-0.4, -0.2) is 32.8 Å². The molecule has 0 aliphatic carbocycles. The zero-order valence-corrected chi connectivity index (χ0v) is 13.8. The molecule has 1 amide bonds. The van der Waals surface area contributed by atoms with Crippen molar-refractivity contribution in [1.29, 1.82) is 0 Å². The van der Waals surface area contributed by atoms with Gasteiger partial charge in [0.15, 0.2) is 0 Å². The van der Waals surface area contributed by atoms with E-state index in [0.717, 1.165) is 16.7 Å². The predicted octanol–water partition coefficient (Wildman–Crippen LogP) is 2.21. The van der Waals surface area contributed by atoms with Crippen LogP contribution in [0.15, 0.2) is 41.3 Å². The quantitative estimate of drug-likeness (QED) is 0.802. The summed E-state index contributed by atoms with van der Waals surface area (Å²) in [6, 6.07) is 9.35. The van der Waals surface area contributed by atoms with E-state index < -0.39 is 0 Å². The number of H-pyrrole nitrogens is 1. The van der Waals surface area contributed by atoms with Crippen LogP contribution in [0.3, 0.4) is 0 Å². The van der Waals surface area contributed by atoms with Gasteiger partial charge in [0, 0.05) is 12.7 Å². The van der Waals surface area contributed by atoms with Gasteiger partial charge in [0.25, 0.3) is 11.5 Å². The van der Waals surface area contributed by atoms with E-state index in [1.54, 1.807) is 33.2 Å². The Morgan fingerprint density at radius 3 is 2.62 bits per heavy atom. The van der Waals surface area contributed by atoms with Crippen molar-refractivity contribution in [3.8, 4) is 0 Å². The third kappa shape index (κ3) is 3.03. The van der Waals surface area contributed by atoms with Gasteiger partial charge in [-0.1, -0.05) is 12.1 Å². The van der Waals surface area contributed by atoms with Gasteiger partial charge >= 0.3 is 0 Å². The van der Waals surface area contributed by atoms with Crippen LogP contribution in [0.25, 0.3) is 11.0 Å². The molecule has 0 aliphatic heterocycles. The maximum Gasteiger partial charge on any atom is 0.261 e. The van der Waals surface area contributed by atoms with Gasteiger partial charge in [-0.3, -0.25) is 14.6 Å². The van der Waals surface area contributed by atoms with Crippen molar-refractivity contribution in [2.75, 3.05) is 7.05 Å². The number of benzene rings is 1. The normalized spacial score (nSPS) is 10.8. The molecule has 3 rings (SSSR count). The summed E-state index contributed by atoms with van der Waals surface area (Å²) >= 11 is 0. The SMILES string of the molecule is Cc1cc(C)c(C(=O)N(C)Cc2cnc3ccccc3n2)c(=O)[nH]1. The van der Waals surface area contributed by atoms with E-state index in [-0.39, 0.29) is 23.6 Å². The second-order valence-electron chi connectivity index (χ2n) is 5.85. The van der Waals surface area contributed by atoms with Gasteiger partial charge in [0.2, 0.25) is 0 Å². The van der Waals surface area contributed by atoms with E-state index in [1.807, 2.05) is 24.3 Å². The number of nitrogens with zero attached hydrogens (tertiary/aromatic N) is 3. The molecule has 0 atom stereocenters. The predicted molar refractivity (Wildman–Crippen MR) is 91.9 cm³/mol. The molecular weight excluding hydrogens is 304 g/mol. The second kappa shape index (κ2) is 6.23. The molecule has 0 saturated heterocycles. The number of pyridine rings is 1. The number of aromatic nitrogens is 3. The van der Waals surface area contributed by atoms with E-state index in [4.69, 9.17) is 0 Å². The smallest absolute Gasteiger partial charge is 0.261 e. The molecule has 0 fully saturated rings. The molecule has 2 heterocycles. The third-order valence-electron chi connectivity index (χ3n) is 3.82. The summed E-state index contributed by atoms with van der Waals surface area (Å²) in [4.78, 5) is 37.7. The fourth-order valence-electron chi connectivity index (χ4n) is 2.70. The highest BCUT2D eigenvalue weighted by atomic mass is 16.2. The Labute approximate surface area is 139 Å². The van der Waals surface area contributed by atoms with Crippen molar-refractivity contribution in [3.63, 3.8) is 0 Å². The lowest BCUT2D eigenvalue weighted by Gasteiger charge is -2.17. The van der Waals surface area contributed by atoms with Crippen molar-refractivity contribution in [1.82, 2.24) is 19.9 Å². The van der Waals surface area contributed by atoms with Crippen LogP contribution < -0.4 is 5.56 Å². The molecule has 6 heteroatoms. The van der Waals surface area contributed by atoms with Crippen molar-refractivity contribution >= 4 is 16.9 Å². The number of rotatable bonds is 3. The summed E-state index contributed by atoms with van der Waals surface area (Å²) in [5.74, 6) is -0.330. The lowest BCUT2D eigenvalue weighted by molar-refractivity contribution is 0.0781. The van der Waals surface area contributed by atoms with Gasteiger partial charge in [-0.2, -0.15) is 0 Å². The Kier molecular flexibility index (Phi) is 4.12. The van der Waals surface area contributed by atoms with Gasteiger partial charge < -0.3 is 9.88 Å². The maximum atomic E-state index is 12.6. The first-order chi connectivity index (χ1) is 11.5. The van der Waals surface area contributed by atoms with Crippen LogP contribution in [0.1, 0.15) is 27.3 Å². The standard InChI is InChI=1S/C18H18N4O2/c1-11-8-12(2)20-17(23)16(11)18(24)22(3)10-13-9-19-14-6-4-5-7-15(14)21-13/h4-9H,10H2,1-3H3,(H,20,23). The van der Waals surface area contributed by atoms with Crippen LogP contribution in [0.5, 0.6) is 0 Å². The van der Waals surface area contributed by atoms with Gasteiger partial charge in [0.05, 0.1) is 29.5 Å². The molecule has 0 spiro atoms. The molecule has 3 aromatic rings. The Bertz CT molecular complexity index is 978. The monoisotopic (exact) mass is 322 g/mol. The minimum absolute atomic E-state index is 0.164. The number of fused-ring (bicyclic) bond motifs is 1. The number of hydrogen-bond acceptors (Lipinski definition) is 4. The second-order valence-corrected chi connectivity index (χ2v) is 5.85. The highest BCUT2D eigenvalue weighted by Crippen LogP contribution is 2.12. The number of aryl methyl sites for hydroxylation is 2. The number of nitrogens with one attached hydrogen (secondary N) is 1. The van der Waals surface area contributed by atoms with Crippen LogP contribution in [0.4, 0.5) is 0 Å². The summed E-state index contributed by atoms with van der Waals surface area (Å²) in [6.07, 6.45) is 1.65. The molecule has 0 unspecified atom stereocenters. The molecule has 2 aromatic heterocycles. The van der Waals surface area contributed by atoms with E-state index in [9.17, 15) is 9.59 Å². The van der Waals surface area contributed by atoms with Crippen molar-refractivity contribution in [3.05, 3.63) is 69.4 Å². The third-order valence-corrected chi connectivity index (χ3v) is 3.82. The summed E-state index contributed by atoms with van der Waals surface area (Å²) in [5.41, 5.74) is 3.45. The fourth-order valence-corrected chi connectivity index (χ4v) is 2.70. The van der Waals surface area contributed by atoms with Crippen LogP contribution in [0.2, 0.25) is 0 Å². The Morgan fingerprint density at radius 2 is 1.92 bits per heavy atom. The molecule has 6 nitrogen and oxygen atoms in total. The van der Waals surface area contributed by atoms with Crippen molar-refractivity contribution in [2.45, 2.75) is 20.4 Å². The minimum atomic E-state index is -0.367. The van der Waals surface area contributed by atoms with Crippen LogP contribution in [-0.2, 0) is 6.54 Å². The van der Waals surface area contributed by atoms with Gasteiger partial charge in [-0.15, -0.1) is 0 Å². The highest BCUT2D eigenvalue weighted by Gasteiger charge is 2.19. The molecule has 1 aromatic carbocycles. The lowest BCUT2D eigenvalue weighted by Crippen LogP contribution is -2.32. The Hall–Kier alpha value is -3.02. The van der Waals surface area contributed by atoms with Crippen molar-refractivity contribution in [2.24, 2.45) is 0 Å². The molecule has 122 valence electrons. The van der Waals surface area contributed by atoms with E-state index >= 15 is 0 Å². The number of hydrogen-bond donors (Lipinski definition) is 1. The molecule has 0 radical (unpaired) electrons. The first-order valence-electron chi connectivity index (χ1n) is 7.62. The Balaban J connectivity index is 1.87. The van der Waals surface area contributed by atoms with Gasteiger partial charge in [0.1, 0.15) is 5.56 Å². The maximum absolute atomic E-state index is 12.6. The average Bonchev–Trinajstić information content (AvgIpc) is 2.53. The molecule has 1 N–H and O–H groups in total. The minimum Gasteiger partial charge on any atom is -0.336 e. The molecule has 24 heavy (non-hydrogen) atoms. The van der Waals surface area contributed by atoms with Crippen LogP contribution >= 0.6 is 0 Å². The first-order valence-corrected chi connectivity index (χ1v) is 7.62. The molecule has 0 aliphatic rings. The zero-order valence-electron chi connectivity index (χ0n) is 13.8. The Morgan fingerprint density at radius 1 is 1.21 bits per heavy atom. The summed E-state index contributed by atoms with van der Waals surface area (Å²) < 4.78 is 0. The largest absolute Gasteiger partial charge is 0.336 e. The highest BCUT2D eigenvalue weighted by molar-refractivity contribution is 5.95. The number of carbonyl (C=O) groups is 1. The number of amides is 1. The zero-order chi connectivity index (χ0) is 17.3. The van der Waals surface area contributed by atoms with E-state index in [0.29, 0.717) is 11.3 Å². The van der Waals surface area contributed by atoms with Gasteiger partial charge in [-0.05, 0) is 37.6 Å². The topological polar surface area (TPSA) is 79.0 Å². The van der Waals surface area contributed by atoms with E-state index in [1.165, 1.54) is 4.90 Å². The number of para-hydroxylation sites is 2. The van der Waals surface area contributed by atoms with Gasteiger partial charge in [-0.25, -0.2) is 4.98 Å². The average molecular weight is 322 g/mol. The molecule has 0 bridgehead atoms. The number of aromatic amines is 1. The summed E-state index contributed by atoms with van der Waals surface area (Å²) in [6.45, 7) is 3.83. The summed E-state index contributed by atoms with van der Waals surface area (Å²) in [5, 5.41) is 0. The molecular formula is C18H18N4O2.